The van der Waals surface area contributed by atoms with E-state index in [9.17, 15) is 4.79 Å². The van der Waals surface area contributed by atoms with E-state index in [4.69, 9.17) is 16.9 Å². The number of amides is 1. The Kier molecular flexibility index (Phi) is 6.75. The maximum Gasteiger partial charge on any atom is 0.252 e. The molecule has 0 fully saturated rings. The zero-order valence-corrected chi connectivity index (χ0v) is 14.3. The van der Waals surface area contributed by atoms with Crippen molar-refractivity contribution < 1.29 is 4.79 Å². The van der Waals surface area contributed by atoms with Gasteiger partial charge in [0.25, 0.3) is 5.91 Å². The van der Waals surface area contributed by atoms with E-state index >= 15 is 0 Å². The van der Waals surface area contributed by atoms with Crippen molar-refractivity contribution in [1.82, 2.24) is 15.6 Å². The highest BCUT2D eigenvalue weighted by molar-refractivity contribution is 6.30. The van der Waals surface area contributed by atoms with Crippen molar-refractivity contribution in [2.45, 2.75) is 19.5 Å². The number of nitriles is 1. The number of guanidine groups is 1. The molecule has 0 saturated heterocycles. The first kappa shape index (κ1) is 18.2. The summed E-state index contributed by atoms with van der Waals surface area (Å²) in [5.74, 6) is -0.0376. The highest BCUT2D eigenvalue weighted by Crippen LogP contribution is 2.10. The highest BCUT2D eigenvalue weighted by Gasteiger charge is 2.12. The molecular formula is C17H17ClN6O. The summed E-state index contributed by atoms with van der Waals surface area (Å²) in [5, 5.41) is 17.7. The van der Waals surface area contributed by atoms with Gasteiger partial charge in [0, 0.05) is 28.7 Å². The summed E-state index contributed by atoms with van der Waals surface area (Å²) < 4.78 is 0. The molecule has 0 aliphatic carbocycles. The number of carbonyl (C=O) groups is 1. The van der Waals surface area contributed by atoms with Gasteiger partial charge in [-0.25, -0.2) is 4.99 Å². The van der Waals surface area contributed by atoms with Crippen LogP contribution in [0.2, 0.25) is 5.02 Å². The quantitative estimate of drug-likeness (QED) is 0.331. The minimum absolute atomic E-state index is 0.233. The van der Waals surface area contributed by atoms with Gasteiger partial charge in [-0.1, -0.05) is 18.5 Å². The van der Waals surface area contributed by atoms with Crippen LogP contribution < -0.4 is 16.0 Å². The lowest BCUT2D eigenvalue weighted by Crippen LogP contribution is -2.37. The van der Waals surface area contributed by atoms with E-state index in [1.54, 1.807) is 48.8 Å². The third kappa shape index (κ3) is 5.79. The number of pyridine rings is 1. The van der Waals surface area contributed by atoms with Crippen LogP contribution in [0.1, 0.15) is 23.7 Å². The van der Waals surface area contributed by atoms with Crippen molar-refractivity contribution >= 4 is 29.2 Å². The van der Waals surface area contributed by atoms with Gasteiger partial charge in [-0.3, -0.25) is 15.1 Å². The van der Waals surface area contributed by atoms with Gasteiger partial charge in [-0.2, -0.15) is 5.26 Å². The molecule has 0 spiro atoms. The van der Waals surface area contributed by atoms with Crippen LogP contribution in [0.3, 0.4) is 0 Å². The number of carbonyl (C=O) groups excluding carboxylic acids is 1. The molecule has 8 heteroatoms. The van der Waals surface area contributed by atoms with Gasteiger partial charge in [0.05, 0.1) is 0 Å². The molecule has 0 saturated carbocycles. The number of hydrogen-bond acceptors (Lipinski definition) is 4. The maximum atomic E-state index is 12.3. The number of hydrogen-bond donors (Lipinski definition) is 3. The number of benzene rings is 1. The van der Waals surface area contributed by atoms with Crippen LogP contribution in [0, 0.1) is 11.5 Å². The van der Waals surface area contributed by atoms with Crippen molar-refractivity contribution in [3.8, 4) is 6.19 Å². The zero-order valence-electron chi connectivity index (χ0n) is 13.5. The second-order valence-electron chi connectivity index (χ2n) is 4.98. The van der Waals surface area contributed by atoms with E-state index in [1.807, 2.05) is 13.1 Å². The zero-order chi connectivity index (χ0) is 18.1. The van der Waals surface area contributed by atoms with Crippen molar-refractivity contribution in [3.05, 3.63) is 59.4 Å². The third-order valence-electron chi connectivity index (χ3n) is 3.19. The van der Waals surface area contributed by atoms with Crippen LogP contribution in [0.15, 0.2) is 53.8 Å². The van der Waals surface area contributed by atoms with Crippen molar-refractivity contribution in [3.63, 3.8) is 0 Å². The average Bonchev–Trinajstić information content (AvgIpc) is 2.62. The average molecular weight is 357 g/mol. The Morgan fingerprint density at radius 3 is 2.56 bits per heavy atom. The Morgan fingerprint density at radius 2 is 1.96 bits per heavy atom. The summed E-state index contributed by atoms with van der Waals surface area (Å²) in [5.41, 5.74) is 1.20. The Morgan fingerprint density at radius 1 is 1.28 bits per heavy atom. The molecule has 25 heavy (non-hydrogen) atoms. The first-order valence-electron chi connectivity index (χ1n) is 7.58. The van der Waals surface area contributed by atoms with E-state index in [1.165, 1.54) is 0 Å². The number of rotatable bonds is 5. The molecule has 7 nitrogen and oxygen atoms in total. The van der Waals surface area contributed by atoms with Gasteiger partial charge >= 0.3 is 0 Å². The van der Waals surface area contributed by atoms with E-state index in [0.29, 0.717) is 17.0 Å². The molecule has 128 valence electrons. The Labute approximate surface area is 150 Å². The number of aromatic nitrogens is 1. The van der Waals surface area contributed by atoms with Crippen LogP contribution in [0.25, 0.3) is 0 Å². The second kappa shape index (κ2) is 9.25. The van der Waals surface area contributed by atoms with Gasteiger partial charge < -0.3 is 10.6 Å². The number of nitrogens with zero attached hydrogens (tertiary/aromatic N) is 3. The minimum Gasteiger partial charge on any atom is -0.330 e. The molecule has 0 radical (unpaired) electrons. The van der Waals surface area contributed by atoms with Crippen molar-refractivity contribution in [2.24, 2.45) is 4.99 Å². The van der Waals surface area contributed by atoms with Crippen LogP contribution in [0.5, 0.6) is 0 Å². The smallest absolute Gasteiger partial charge is 0.252 e. The molecule has 1 aromatic carbocycles. The number of halogens is 1. The molecule has 1 atom stereocenters. The summed E-state index contributed by atoms with van der Waals surface area (Å²) in [6.45, 7) is 1.88. The monoisotopic (exact) mass is 356 g/mol. The molecule has 2 rings (SSSR count). The fraction of sp³-hybridized carbons (Fsp3) is 0.176. The van der Waals surface area contributed by atoms with Crippen LogP contribution in [-0.4, -0.2) is 23.0 Å². The molecule has 1 unspecified atom stereocenters. The summed E-state index contributed by atoms with van der Waals surface area (Å²) >= 11 is 5.82. The molecule has 1 amide bonds. The molecule has 1 heterocycles. The van der Waals surface area contributed by atoms with Crippen molar-refractivity contribution in [2.75, 3.05) is 5.32 Å². The third-order valence-corrected chi connectivity index (χ3v) is 3.45. The Balaban J connectivity index is 2.10. The fourth-order valence-corrected chi connectivity index (χ4v) is 2.06. The van der Waals surface area contributed by atoms with Gasteiger partial charge in [0.15, 0.2) is 6.19 Å². The lowest BCUT2D eigenvalue weighted by molar-refractivity contribution is 0.0937. The van der Waals surface area contributed by atoms with E-state index in [-0.39, 0.29) is 11.9 Å². The predicted molar refractivity (Wildman–Crippen MR) is 97.0 cm³/mol. The van der Waals surface area contributed by atoms with Gasteiger partial charge in [0.1, 0.15) is 6.17 Å². The van der Waals surface area contributed by atoms with Crippen LogP contribution in [0.4, 0.5) is 5.69 Å². The molecule has 0 aliphatic heterocycles. The fourth-order valence-electron chi connectivity index (χ4n) is 1.94. The summed E-state index contributed by atoms with van der Waals surface area (Å²) in [6, 6.07) is 10.0. The van der Waals surface area contributed by atoms with Gasteiger partial charge in [-0.05, 0) is 42.8 Å². The summed E-state index contributed by atoms with van der Waals surface area (Å²) in [7, 11) is 0. The lowest BCUT2D eigenvalue weighted by Gasteiger charge is -2.15. The Bertz CT molecular complexity index is 770. The minimum atomic E-state index is -0.506. The van der Waals surface area contributed by atoms with Crippen molar-refractivity contribution in [1.29, 1.82) is 5.26 Å². The molecule has 0 bridgehead atoms. The first-order chi connectivity index (χ1) is 12.1. The maximum absolute atomic E-state index is 12.3. The van der Waals surface area contributed by atoms with Gasteiger partial charge in [0.2, 0.25) is 5.96 Å². The van der Waals surface area contributed by atoms with E-state index < -0.39 is 6.17 Å². The molecule has 2 aromatic rings. The molecule has 3 N–H and O–H groups in total. The molecular weight excluding hydrogens is 340 g/mol. The van der Waals surface area contributed by atoms with E-state index in [0.717, 1.165) is 5.69 Å². The second-order valence-corrected chi connectivity index (χ2v) is 5.42. The van der Waals surface area contributed by atoms with Crippen LogP contribution >= 0.6 is 11.6 Å². The standard InChI is InChI=1S/C17H17ClN6O/c1-2-15(23-16(25)12-3-5-13(18)6-4-12)24-17(21-11-19)22-14-7-9-20-10-8-14/h3-10,15H,2H2,1H3,(H,23,25)(H2,20,21,22,24). The Hall–Kier alpha value is -3.11. The molecule has 0 aliphatic rings. The SMILES string of the molecule is CCC(N=C(NC#N)Nc1ccncc1)NC(=O)c1ccc(Cl)cc1. The summed E-state index contributed by atoms with van der Waals surface area (Å²) in [4.78, 5) is 20.6. The highest BCUT2D eigenvalue weighted by atomic mass is 35.5. The lowest BCUT2D eigenvalue weighted by atomic mass is 10.2. The predicted octanol–water partition coefficient (Wildman–Crippen LogP) is 2.74. The normalized spacial score (nSPS) is 12.0. The largest absolute Gasteiger partial charge is 0.330 e. The number of nitrogens with one attached hydrogen (secondary N) is 3. The van der Waals surface area contributed by atoms with Crippen LogP contribution in [-0.2, 0) is 0 Å². The first-order valence-corrected chi connectivity index (χ1v) is 7.96. The van der Waals surface area contributed by atoms with Gasteiger partial charge in [-0.15, -0.1) is 0 Å². The number of anilines is 1. The van der Waals surface area contributed by atoms with E-state index in [2.05, 4.69) is 25.9 Å². The molecule has 1 aromatic heterocycles. The topological polar surface area (TPSA) is 102 Å². The number of aliphatic imine (C=N–C) groups is 1. The summed E-state index contributed by atoms with van der Waals surface area (Å²) in [6.07, 6.45) is 5.10.